The standard InChI is InChI=1S/C3H6N6.H3N.H4O7P2/c4-1-7-2(5)9-3(6)8-1;;1-8(2,3)7-9(4,5)6/h(H6,4,5,6,7,8,9);1H3;(H2,1,2,3)(H2,4,5,6). The van der Waals surface area contributed by atoms with Crippen molar-refractivity contribution >= 4 is 33.5 Å². The summed E-state index contributed by atoms with van der Waals surface area (Å²) in [5.41, 5.74) is 15.4. The fraction of sp³-hybridized carbons (Fsp3) is 0. The Morgan fingerprint density at radius 3 is 1.32 bits per heavy atom. The van der Waals surface area contributed by atoms with Gasteiger partial charge in [0.05, 0.1) is 0 Å². The lowest BCUT2D eigenvalue weighted by Gasteiger charge is -2.14. The van der Waals surface area contributed by atoms with Crippen LogP contribution in [0.4, 0.5) is 17.8 Å². The first-order valence-electron chi connectivity index (χ1n) is 3.72. The van der Waals surface area contributed by atoms with E-state index >= 15 is 0 Å². The maximum absolute atomic E-state index is 9.59. The number of hydrogen-bond acceptors (Lipinski definition) is 10. The molecule has 1 atom stereocenters. The highest BCUT2D eigenvalue weighted by atomic mass is 31.3. The van der Waals surface area contributed by atoms with Gasteiger partial charge in [0.15, 0.2) is 0 Å². The van der Waals surface area contributed by atoms with Crippen LogP contribution >= 0.6 is 15.6 Å². The van der Waals surface area contributed by atoms with Gasteiger partial charge in [-0.3, -0.25) is 4.57 Å². The van der Waals surface area contributed by atoms with Crippen molar-refractivity contribution in [1.82, 2.24) is 21.1 Å². The van der Waals surface area contributed by atoms with Crippen molar-refractivity contribution in [2.45, 2.75) is 0 Å². The number of anilines is 3. The number of rotatable bonds is 2. The fourth-order valence-corrected chi connectivity index (χ4v) is 1.64. The van der Waals surface area contributed by atoms with Gasteiger partial charge in [-0.15, -0.1) is 0 Å². The average Bonchev–Trinajstić information content (AvgIpc) is 1.92. The molecular weight excluding hydrogens is 308 g/mol. The van der Waals surface area contributed by atoms with E-state index in [1.807, 2.05) is 0 Å². The molecule has 14 nitrogen and oxygen atoms in total. The molecule has 0 radical (unpaired) electrons. The normalized spacial score (nSPS) is 13.5. The van der Waals surface area contributed by atoms with Crippen molar-refractivity contribution in [2.75, 3.05) is 17.2 Å². The Kier molecular flexibility index (Phi) is 7.64. The van der Waals surface area contributed by atoms with E-state index in [1.165, 1.54) is 0 Å². The van der Waals surface area contributed by atoms with Crippen LogP contribution in [0, 0.1) is 0 Å². The van der Waals surface area contributed by atoms with Gasteiger partial charge >= 0.3 is 7.82 Å². The number of quaternary nitrogens is 1. The zero-order valence-corrected chi connectivity index (χ0v) is 11.2. The topological polar surface area (TPSA) is 280 Å². The summed E-state index contributed by atoms with van der Waals surface area (Å²) < 4.78 is 21.9. The van der Waals surface area contributed by atoms with Crippen LogP contribution in [0.1, 0.15) is 0 Å². The third-order valence-corrected chi connectivity index (χ3v) is 2.57. The highest BCUT2D eigenvalue weighted by molar-refractivity contribution is 7.59. The van der Waals surface area contributed by atoms with Crippen molar-refractivity contribution < 1.29 is 33.0 Å². The van der Waals surface area contributed by atoms with E-state index in [9.17, 15) is 14.0 Å². The van der Waals surface area contributed by atoms with E-state index in [2.05, 4.69) is 19.3 Å². The first-order chi connectivity index (χ1) is 7.89. The molecule has 0 aliphatic heterocycles. The van der Waals surface area contributed by atoms with Crippen molar-refractivity contribution in [3.05, 3.63) is 0 Å². The summed E-state index contributed by atoms with van der Waals surface area (Å²) in [6.07, 6.45) is 0. The quantitative estimate of drug-likeness (QED) is 0.278. The third-order valence-electron chi connectivity index (χ3n) is 0.897. The molecule has 1 heterocycles. The minimum Gasteiger partial charge on any atom is -0.756 e. The van der Waals surface area contributed by atoms with Crippen molar-refractivity contribution in [3.63, 3.8) is 0 Å². The van der Waals surface area contributed by atoms with Crippen molar-refractivity contribution in [1.29, 1.82) is 0 Å². The van der Waals surface area contributed by atoms with Crippen LogP contribution < -0.4 is 28.2 Å². The second-order valence-electron chi connectivity index (χ2n) is 2.45. The molecule has 16 heteroatoms. The van der Waals surface area contributed by atoms with Crippen LogP contribution in [0.2, 0.25) is 0 Å². The highest BCUT2D eigenvalue weighted by Gasteiger charge is 2.20. The van der Waals surface area contributed by atoms with Gasteiger partial charge in [-0.1, -0.05) is 0 Å². The van der Waals surface area contributed by atoms with Gasteiger partial charge in [-0.05, 0) is 0 Å². The maximum atomic E-state index is 9.59. The van der Waals surface area contributed by atoms with Gasteiger partial charge in [-0.2, -0.15) is 15.0 Å². The Morgan fingerprint density at radius 1 is 0.947 bits per heavy atom. The summed E-state index contributed by atoms with van der Waals surface area (Å²) in [4.78, 5) is 43.0. The lowest BCUT2D eigenvalue weighted by molar-refractivity contribution is -0.212. The summed E-state index contributed by atoms with van der Waals surface area (Å²) in [5, 5.41) is 0. The molecule has 0 saturated heterocycles. The summed E-state index contributed by atoms with van der Waals surface area (Å²) >= 11 is 0. The Balaban J connectivity index is 0. The Bertz CT molecular complexity index is 427. The molecular formula is C3H13N7O7P2. The first kappa shape index (κ1) is 20.0. The van der Waals surface area contributed by atoms with E-state index in [4.69, 9.17) is 31.9 Å². The summed E-state index contributed by atoms with van der Waals surface area (Å²) in [5.74, 6) is 0.125. The van der Waals surface area contributed by atoms with E-state index in [-0.39, 0.29) is 24.0 Å². The van der Waals surface area contributed by atoms with Gasteiger partial charge < -0.3 is 42.9 Å². The summed E-state index contributed by atoms with van der Waals surface area (Å²) in [7, 11) is -10.4. The fourth-order valence-electron chi connectivity index (χ4n) is 0.562. The largest absolute Gasteiger partial charge is 0.756 e. The van der Waals surface area contributed by atoms with Gasteiger partial charge in [0.25, 0.3) is 7.82 Å². The minimum atomic E-state index is -5.30. The lowest BCUT2D eigenvalue weighted by Crippen LogP contribution is -2.05. The van der Waals surface area contributed by atoms with E-state index in [1.54, 1.807) is 0 Å². The molecule has 0 bridgehead atoms. The van der Waals surface area contributed by atoms with Crippen LogP contribution in [0.15, 0.2) is 0 Å². The Hall–Kier alpha value is -1.37. The lowest BCUT2D eigenvalue weighted by atomic mass is 10.9. The molecule has 1 aromatic rings. The Morgan fingerprint density at radius 2 is 1.21 bits per heavy atom. The number of aromatic nitrogens is 3. The average molecular weight is 321 g/mol. The van der Waals surface area contributed by atoms with Gasteiger partial charge in [0, 0.05) is 0 Å². The third kappa shape index (κ3) is 12.9. The van der Waals surface area contributed by atoms with Crippen molar-refractivity contribution in [2.24, 2.45) is 0 Å². The van der Waals surface area contributed by atoms with Crippen LogP contribution in [0.5, 0.6) is 0 Å². The number of nitrogens with zero attached hydrogens (tertiary/aromatic N) is 3. The van der Waals surface area contributed by atoms with Crippen molar-refractivity contribution in [3.8, 4) is 0 Å². The SMILES string of the molecule is Nc1nc(N)nc(N)n1.O=P([O-])(O)OP(=O)(O)O.[NH4+]. The van der Waals surface area contributed by atoms with Gasteiger partial charge in [0.2, 0.25) is 17.8 Å². The zero-order chi connectivity index (χ0) is 14.6. The molecule has 112 valence electrons. The van der Waals surface area contributed by atoms with E-state index < -0.39 is 15.6 Å². The zero-order valence-electron chi connectivity index (χ0n) is 9.44. The second kappa shape index (κ2) is 7.28. The molecule has 0 aliphatic carbocycles. The molecule has 1 unspecified atom stereocenters. The number of hydrogen-bond donors (Lipinski definition) is 7. The van der Waals surface area contributed by atoms with Gasteiger partial charge in [0.1, 0.15) is 0 Å². The Labute approximate surface area is 106 Å². The maximum Gasteiger partial charge on any atom is 0.476 e. The minimum absolute atomic E-state index is 0. The molecule has 1 rings (SSSR count). The molecule has 0 aliphatic rings. The predicted octanol–water partition coefficient (Wildman–Crippen LogP) is -2.45. The second-order valence-corrected chi connectivity index (χ2v) is 5.02. The van der Waals surface area contributed by atoms with E-state index in [0.717, 1.165) is 0 Å². The first-order valence-corrected chi connectivity index (χ1v) is 6.75. The predicted molar refractivity (Wildman–Crippen MR) is 62.0 cm³/mol. The summed E-state index contributed by atoms with van der Waals surface area (Å²) in [6.45, 7) is 0. The van der Waals surface area contributed by atoms with Crippen LogP contribution in [-0.2, 0) is 13.4 Å². The van der Waals surface area contributed by atoms with Crippen LogP contribution in [0.3, 0.4) is 0 Å². The van der Waals surface area contributed by atoms with E-state index in [0.29, 0.717) is 0 Å². The summed E-state index contributed by atoms with van der Waals surface area (Å²) in [6, 6.07) is 0. The van der Waals surface area contributed by atoms with Gasteiger partial charge in [-0.25, -0.2) is 8.88 Å². The monoisotopic (exact) mass is 321 g/mol. The molecule has 0 saturated carbocycles. The molecule has 0 spiro atoms. The molecule has 13 N–H and O–H groups in total. The molecule has 1 aromatic heterocycles. The number of nitrogen functional groups attached to an aromatic ring is 3. The molecule has 19 heavy (non-hydrogen) atoms. The number of nitrogens with two attached hydrogens (primary N) is 3. The molecule has 0 fully saturated rings. The molecule has 0 amide bonds. The molecule has 0 aromatic carbocycles. The highest BCUT2D eigenvalue weighted by Crippen LogP contribution is 2.51. The number of phosphoric acid groups is 2. The smallest absolute Gasteiger partial charge is 0.476 e. The van der Waals surface area contributed by atoms with Crippen LogP contribution in [0.25, 0.3) is 0 Å². The van der Waals surface area contributed by atoms with Crippen LogP contribution in [-0.4, -0.2) is 29.6 Å².